The summed E-state index contributed by atoms with van der Waals surface area (Å²) in [6.07, 6.45) is 3.33. The molecule has 2 heteroatoms. The zero-order chi connectivity index (χ0) is 11.0. The molecule has 0 aromatic heterocycles. The lowest BCUT2D eigenvalue weighted by molar-refractivity contribution is -0.0104. The van der Waals surface area contributed by atoms with E-state index < -0.39 is 6.23 Å². The van der Waals surface area contributed by atoms with Gasteiger partial charge >= 0.3 is 0 Å². The molecule has 0 spiro atoms. The number of aliphatic hydroxyl groups excluding tert-OH is 1. The molecule has 1 aliphatic heterocycles. The highest BCUT2D eigenvalue weighted by Gasteiger charge is 2.46. The van der Waals surface area contributed by atoms with Gasteiger partial charge < -0.3 is 5.11 Å². The van der Waals surface area contributed by atoms with Crippen LogP contribution in [0.2, 0.25) is 0 Å². The summed E-state index contributed by atoms with van der Waals surface area (Å²) in [5.74, 6) is 0. The molecule has 0 aromatic rings. The van der Waals surface area contributed by atoms with Gasteiger partial charge in [-0.1, -0.05) is 27.4 Å². The normalized spacial score (nSPS) is 34.4. The fraction of sp³-hybridized carbons (Fsp3) is 0.833. The van der Waals surface area contributed by atoms with Gasteiger partial charge in [0.05, 0.1) is 0 Å². The van der Waals surface area contributed by atoms with E-state index in [0.29, 0.717) is 5.41 Å². The Bertz CT molecular complexity index is 224. The van der Waals surface area contributed by atoms with E-state index >= 15 is 0 Å². The fourth-order valence-corrected chi connectivity index (χ4v) is 2.71. The molecule has 0 aliphatic carbocycles. The Balaban J connectivity index is 2.88. The molecule has 0 amide bonds. The minimum absolute atomic E-state index is 0.122. The number of nitrogens with zero attached hydrogens (tertiary/aromatic N) is 1. The molecule has 2 unspecified atom stereocenters. The van der Waals surface area contributed by atoms with Crippen molar-refractivity contribution in [2.24, 2.45) is 5.41 Å². The molecular weight excluding hydrogens is 174 g/mol. The highest BCUT2D eigenvalue weighted by atomic mass is 16.3. The van der Waals surface area contributed by atoms with Crippen LogP contribution < -0.4 is 0 Å². The number of likely N-dealkylation sites (tertiary alicyclic amines) is 1. The highest BCUT2D eigenvalue weighted by molar-refractivity contribution is 5.02. The Morgan fingerprint density at radius 1 is 1.50 bits per heavy atom. The van der Waals surface area contributed by atoms with Crippen LogP contribution in [0.4, 0.5) is 0 Å². The maximum Gasteiger partial charge on any atom is 0.126 e. The first kappa shape index (κ1) is 11.7. The molecule has 2 nitrogen and oxygen atoms in total. The van der Waals surface area contributed by atoms with E-state index in [-0.39, 0.29) is 5.54 Å². The number of hydrogen-bond acceptors (Lipinski definition) is 2. The molecule has 0 radical (unpaired) electrons. The van der Waals surface area contributed by atoms with E-state index in [9.17, 15) is 5.11 Å². The summed E-state index contributed by atoms with van der Waals surface area (Å²) in [6, 6.07) is 0. The number of rotatable bonds is 3. The zero-order valence-electron chi connectivity index (χ0n) is 9.88. The molecule has 1 rings (SSSR count). The van der Waals surface area contributed by atoms with Crippen molar-refractivity contribution in [2.45, 2.75) is 52.3 Å². The third-order valence-corrected chi connectivity index (χ3v) is 3.44. The molecule has 1 N–H and O–H groups in total. The summed E-state index contributed by atoms with van der Waals surface area (Å²) in [4.78, 5) is 2.17. The van der Waals surface area contributed by atoms with Crippen LogP contribution in [0.5, 0.6) is 0 Å². The quantitative estimate of drug-likeness (QED) is 0.702. The summed E-state index contributed by atoms with van der Waals surface area (Å²) in [5.41, 5.74) is 0.422. The van der Waals surface area contributed by atoms with Crippen LogP contribution in [0.25, 0.3) is 0 Å². The van der Waals surface area contributed by atoms with Gasteiger partial charge in [-0.15, -0.1) is 0 Å². The number of hydrogen-bond donors (Lipinski definition) is 1. The standard InChI is InChI=1S/C12H23NO/c1-6-10(14)13-9-11(3,4)8-12(13,5)7-2/h6,10,14H,1,7-9H2,2-5H3. The van der Waals surface area contributed by atoms with Crippen molar-refractivity contribution in [3.63, 3.8) is 0 Å². The summed E-state index contributed by atoms with van der Waals surface area (Å²) in [6.45, 7) is 13.5. The van der Waals surface area contributed by atoms with Gasteiger partial charge in [-0.2, -0.15) is 0 Å². The van der Waals surface area contributed by atoms with Gasteiger partial charge in [0, 0.05) is 12.1 Å². The lowest BCUT2D eigenvalue weighted by atomic mass is 9.83. The van der Waals surface area contributed by atoms with Crippen LogP contribution in [0.1, 0.15) is 40.5 Å². The summed E-state index contributed by atoms with van der Waals surface area (Å²) in [5, 5.41) is 9.86. The van der Waals surface area contributed by atoms with Crippen molar-refractivity contribution in [1.29, 1.82) is 0 Å². The second kappa shape index (κ2) is 3.67. The lowest BCUT2D eigenvalue weighted by Gasteiger charge is -2.36. The second-order valence-electron chi connectivity index (χ2n) is 5.47. The maximum absolute atomic E-state index is 9.86. The molecule has 1 heterocycles. The maximum atomic E-state index is 9.86. The monoisotopic (exact) mass is 197 g/mol. The van der Waals surface area contributed by atoms with Gasteiger partial charge in [0.25, 0.3) is 0 Å². The van der Waals surface area contributed by atoms with Crippen molar-refractivity contribution in [2.75, 3.05) is 6.54 Å². The molecule has 14 heavy (non-hydrogen) atoms. The van der Waals surface area contributed by atoms with Crippen LogP contribution in [0.3, 0.4) is 0 Å². The third kappa shape index (κ3) is 2.01. The Labute approximate surface area is 87.6 Å². The van der Waals surface area contributed by atoms with Crippen LogP contribution in [-0.4, -0.2) is 28.3 Å². The zero-order valence-corrected chi connectivity index (χ0v) is 9.88. The van der Waals surface area contributed by atoms with Crippen molar-refractivity contribution in [3.8, 4) is 0 Å². The Kier molecular flexibility index (Phi) is 3.07. The van der Waals surface area contributed by atoms with Gasteiger partial charge in [-0.3, -0.25) is 4.90 Å². The highest BCUT2D eigenvalue weighted by Crippen LogP contribution is 2.43. The Hall–Kier alpha value is -0.340. The molecule has 1 fully saturated rings. The summed E-state index contributed by atoms with van der Waals surface area (Å²) < 4.78 is 0. The minimum Gasteiger partial charge on any atom is -0.375 e. The molecule has 0 saturated carbocycles. The average Bonchev–Trinajstić information content (AvgIpc) is 2.36. The summed E-state index contributed by atoms with van der Waals surface area (Å²) in [7, 11) is 0. The van der Waals surface area contributed by atoms with Crippen molar-refractivity contribution in [3.05, 3.63) is 12.7 Å². The molecule has 0 aromatic carbocycles. The fourth-order valence-electron chi connectivity index (χ4n) is 2.71. The van der Waals surface area contributed by atoms with Gasteiger partial charge in [0.1, 0.15) is 6.23 Å². The van der Waals surface area contributed by atoms with Crippen LogP contribution in [0.15, 0.2) is 12.7 Å². The van der Waals surface area contributed by atoms with Crippen LogP contribution >= 0.6 is 0 Å². The van der Waals surface area contributed by atoms with Crippen LogP contribution in [-0.2, 0) is 0 Å². The molecular formula is C12H23NO. The molecule has 1 aliphatic rings. The van der Waals surface area contributed by atoms with Crippen molar-refractivity contribution >= 4 is 0 Å². The van der Waals surface area contributed by atoms with E-state index in [0.717, 1.165) is 19.4 Å². The topological polar surface area (TPSA) is 23.5 Å². The predicted molar refractivity (Wildman–Crippen MR) is 60.0 cm³/mol. The third-order valence-electron chi connectivity index (χ3n) is 3.44. The van der Waals surface area contributed by atoms with E-state index in [1.54, 1.807) is 6.08 Å². The van der Waals surface area contributed by atoms with Crippen LogP contribution in [0, 0.1) is 5.41 Å². The first-order valence-corrected chi connectivity index (χ1v) is 5.42. The molecule has 0 bridgehead atoms. The molecule has 2 atom stereocenters. The Morgan fingerprint density at radius 3 is 2.50 bits per heavy atom. The largest absolute Gasteiger partial charge is 0.375 e. The summed E-state index contributed by atoms with van der Waals surface area (Å²) >= 11 is 0. The van der Waals surface area contributed by atoms with Gasteiger partial charge in [0.2, 0.25) is 0 Å². The molecule has 1 saturated heterocycles. The SMILES string of the molecule is C=CC(O)N1CC(C)(C)CC1(C)CC. The average molecular weight is 197 g/mol. The minimum atomic E-state index is -0.498. The second-order valence-corrected chi connectivity index (χ2v) is 5.47. The van der Waals surface area contributed by atoms with E-state index in [1.165, 1.54) is 0 Å². The van der Waals surface area contributed by atoms with Gasteiger partial charge in [-0.25, -0.2) is 0 Å². The first-order valence-electron chi connectivity index (χ1n) is 5.42. The Morgan fingerprint density at radius 2 is 2.07 bits per heavy atom. The number of aliphatic hydroxyl groups is 1. The first-order chi connectivity index (χ1) is 6.34. The smallest absolute Gasteiger partial charge is 0.126 e. The lowest BCUT2D eigenvalue weighted by Crippen LogP contribution is -2.46. The van der Waals surface area contributed by atoms with E-state index in [1.807, 2.05) is 0 Å². The van der Waals surface area contributed by atoms with Crippen molar-refractivity contribution in [1.82, 2.24) is 4.90 Å². The van der Waals surface area contributed by atoms with Gasteiger partial charge in [-0.05, 0) is 31.3 Å². The van der Waals surface area contributed by atoms with E-state index in [2.05, 4.69) is 39.2 Å². The molecule has 82 valence electrons. The van der Waals surface area contributed by atoms with E-state index in [4.69, 9.17) is 0 Å². The van der Waals surface area contributed by atoms with Gasteiger partial charge in [0.15, 0.2) is 0 Å². The predicted octanol–water partition coefficient (Wildman–Crippen LogP) is 2.39. The van der Waals surface area contributed by atoms with Crippen molar-refractivity contribution < 1.29 is 5.11 Å².